The smallest absolute Gasteiger partial charge is 0.343 e. The van der Waals surface area contributed by atoms with Crippen LogP contribution in [0.3, 0.4) is 0 Å². The molecule has 0 bridgehead atoms. The summed E-state index contributed by atoms with van der Waals surface area (Å²) in [5, 5.41) is 9.76. The van der Waals surface area contributed by atoms with Crippen molar-refractivity contribution in [2.24, 2.45) is 0 Å². The maximum Gasteiger partial charge on any atom is 0.343 e. The molecule has 0 aliphatic carbocycles. The van der Waals surface area contributed by atoms with Crippen molar-refractivity contribution < 1.29 is 24.1 Å². The summed E-state index contributed by atoms with van der Waals surface area (Å²) in [6.45, 7) is 2.52. The second kappa shape index (κ2) is 11.5. The molecule has 0 amide bonds. The predicted octanol–water partition coefficient (Wildman–Crippen LogP) is 2.89. The van der Waals surface area contributed by atoms with Crippen molar-refractivity contribution in [3.05, 3.63) is 87.6 Å². The molecule has 4 rings (SSSR count). The van der Waals surface area contributed by atoms with Gasteiger partial charge in [0.1, 0.15) is 17.9 Å². The van der Waals surface area contributed by atoms with E-state index >= 15 is 0 Å². The fraction of sp³-hybridized carbons (Fsp3) is 0.296. The third-order valence-electron chi connectivity index (χ3n) is 6.05. The normalized spacial score (nSPS) is 13.7. The molecule has 0 saturated heterocycles. The van der Waals surface area contributed by atoms with E-state index in [-0.39, 0.29) is 29.2 Å². The number of benzene rings is 1. The number of esters is 1. The molecule has 188 valence electrons. The lowest BCUT2D eigenvalue weighted by Crippen LogP contribution is -2.29. The zero-order chi connectivity index (χ0) is 25.5. The van der Waals surface area contributed by atoms with Crippen molar-refractivity contribution >= 4 is 12.0 Å². The Bertz CT molecular complexity index is 1300. The van der Waals surface area contributed by atoms with Crippen LogP contribution in [0, 0.1) is 0 Å². The number of aromatic hydroxyl groups is 1. The van der Waals surface area contributed by atoms with E-state index in [0.29, 0.717) is 49.7 Å². The molecule has 0 fully saturated rings. The van der Waals surface area contributed by atoms with E-state index in [1.807, 2.05) is 24.3 Å². The molecule has 0 spiro atoms. The zero-order valence-corrected chi connectivity index (χ0v) is 20.3. The number of carbonyl (C=O) groups excluding carboxylic acids is 1. The van der Waals surface area contributed by atoms with E-state index in [1.165, 1.54) is 20.3 Å². The van der Waals surface area contributed by atoms with Gasteiger partial charge < -0.3 is 23.9 Å². The van der Waals surface area contributed by atoms with Gasteiger partial charge >= 0.3 is 5.97 Å². The van der Waals surface area contributed by atoms with Crippen LogP contribution in [0.4, 0.5) is 0 Å². The minimum atomic E-state index is -0.538. The zero-order valence-electron chi connectivity index (χ0n) is 20.3. The van der Waals surface area contributed by atoms with Gasteiger partial charge in [0.2, 0.25) is 0 Å². The van der Waals surface area contributed by atoms with Gasteiger partial charge in [-0.3, -0.25) is 14.7 Å². The number of phenols is 1. The van der Waals surface area contributed by atoms with Gasteiger partial charge in [-0.25, -0.2) is 4.79 Å². The monoisotopic (exact) mass is 491 g/mol. The van der Waals surface area contributed by atoms with E-state index in [4.69, 9.17) is 14.2 Å². The molecule has 1 aliphatic heterocycles. The van der Waals surface area contributed by atoms with Gasteiger partial charge in [-0.05, 0) is 29.8 Å². The highest BCUT2D eigenvalue weighted by Crippen LogP contribution is 2.27. The summed E-state index contributed by atoms with van der Waals surface area (Å²) >= 11 is 0. The first-order valence-electron chi connectivity index (χ1n) is 11.6. The van der Waals surface area contributed by atoms with E-state index in [9.17, 15) is 14.7 Å². The molecule has 9 nitrogen and oxygen atoms in total. The van der Waals surface area contributed by atoms with Gasteiger partial charge in [-0.1, -0.05) is 24.3 Å². The Kier molecular flexibility index (Phi) is 8.02. The lowest BCUT2D eigenvalue weighted by atomic mass is 10.1. The highest BCUT2D eigenvalue weighted by atomic mass is 16.5. The van der Waals surface area contributed by atoms with E-state index in [2.05, 4.69) is 9.88 Å². The lowest BCUT2D eigenvalue weighted by Gasteiger charge is -2.17. The summed E-state index contributed by atoms with van der Waals surface area (Å²) in [6.07, 6.45) is 6.12. The second-order valence-electron chi connectivity index (χ2n) is 8.31. The van der Waals surface area contributed by atoms with Gasteiger partial charge in [0.05, 0.1) is 19.9 Å². The van der Waals surface area contributed by atoms with Gasteiger partial charge in [0.25, 0.3) is 5.56 Å². The lowest BCUT2D eigenvalue weighted by molar-refractivity contribution is 0.0592. The third-order valence-corrected chi connectivity index (χ3v) is 6.05. The summed E-state index contributed by atoms with van der Waals surface area (Å²) in [6, 6.07) is 12.0. The average Bonchev–Trinajstić information content (AvgIpc) is 3.12. The van der Waals surface area contributed by atoms with Crippen molar-refractivity contribution in [2.45, 2.75) is 19.6 Å². The Morgan fingerprint density at radius 3 is 2.72 bits per heavy atom. The fourth-order valence-electron chi connectivity index (χ4n) is 4.18. The summed E-state index contributed by atoms with van der Waals surface area (Å²) in [5.74, 6) is 0.177. The van der Waals surface area contributed by atoms with Crippen molar-refractivity contribution in [3.8, 4) is 17.2 Å². The Labute approximate surface area is 209 Å². The van der Waals surface area contributed by atoms with Crippen LogP contribution in [0.25, 0.3) is 6.08 Å². The predicted molar refractivity (Wildman–Crippen MR) is 134 cm³/mol. The van der Waals surface area contributed by atoms with Crippen LogP contribution in [0.15, 0.2) is 59.5 Å². The maximum atomic E-state index is 13.0. The number of aromatic nitrogens is 2. The summed E-state index contributed by atoms with van der Waals surface area (Å²) in [4.78, 5) is 32.1. The topological polar surface area (TPSA) is 103 Å². The van der Waals surface area contributed by atoms with Gasteiger partial charge in [-0.15, -0.1) is 0 Å². The van der Waals surface area contributed by atoms with Crippen molar-refractivity contribution in [2.75, 3.05) is 33.9 Å². The molecule has 0 unspecified atom stereocenters. The molecular weight excluding hydrogens is 462 g/mol. The van der Waals surface area contributed by atoms with E-state index in [1.54, 1.807) is 35.0 Å². The Balaban J connectivity index is 1.51. The third kappa shape index (κ3) is 5.75. The molecule has 0 radical (unpaired) electrons. The van der Waals surface area contributed by atoms with Gasteiger partial charge in [0, 0.05) is 50.6 Å². The number of methoxy groups -OCH3 is 2. The minimum absolute atomic E-state index is 0.0927. The Morgan fingerprint density at radius 1 is 1.11 bits per heavy atom. The molecule has 2 aromatic heterocycles. The summed E-state index contributed by atoms with van der Waals surface area (Å²) in [5.41, 5.74) is 2.26. The first kappa shape index (κ1) is 25.0. The number of hydrogen-bond donors (Lipinski definition) is 1. The summed E-state index contributed by atoms with van der Waals surface area (Å²) in [7, 11) is 2.83. The van der Waals surface area contributed by atoms with Crippen molar-refractivity contribution in [3.63, 3.8) is 0 Å². The molecule has 3 aromatic rings. The molecule has 9 heteroatoms. The number of fused-ring (bicyclic) bond motifs is 1. The second-order valence-corrected chi connectivity index (χ2v) is 8.31. The Hall–Kier alpha value is -4.11. The summed E-state index contributed by atoms with van der Waals surface area (Å²) < 4.78 is 17.7. The van der Waals surface area contributed by atoms with Crippen LogP contribution in [-0.2, 0) is 24.3 Å². The van der Waals surface area contributed by atoms with Crippen LogP contribution < -0.4 is 15.0 Å². The van der Waals surface area contributed by atoms with Crippen LogP contribution in [0.5, 0.6) is 17.2 Å². The number of nitrogens with zero attached hydrogens (tertiary/aromatic N) is 3. The van der Waals surface area contributed by atoms with Gasteiger partial charge in [0.15, 0.2) is 11.5 Å². The van der Waals surface area contributed by atoms with Crippen LogP contribution in [0.2, 0.25) is 0 Å². The average molecular weight is 492 g/mol. The number of pyridine rings is 2. The van der Waals surface area contributed by atoms with Crippen molar-refractivity contribution in [1.82, 2.24) is 14.5 Å². The molecule has 3 heterocycles. The maximum absolute atomic E-state index is 13.0. The minimum Gasteiger partial charge on any atom is -0.504 e. The molecule has 1 N–H and O–H groups in total. The largest absolute Gasteiger partial charge is 0.504 e. The standard InChI is InChI=1S/C27H29N3O6/c1-34-23-16-19(8-9-22(23)31)6-5-12-29-13-10-21-26(27(33)35-2)24(17-25(32)30(21)15-14-29)36-18-20-7-3-4-11-28-20/h3-9,11,16-17,31H,10,12-15,18H2,1-2H3. The van der Waals surface area contributed by atoms with Gasteiger partial charge in [-0.2, -0.15) is 0 Å². The number of hydrogen-bond acceptors (Lipinski definition) is 8. The number of carbonyl (C=O) groups is 1. The Morgan fingerprint density at radius 2 is 1.97 bits per heavy atom. The van der Waals surface area contributed by atoms with E-state index in [0.717, 1.165) is 5.56 Å². The first-order valence-corrected chi connectivity index (χ1v) is 11.6. The molecular formula is C27H29N3O6. The van der Waals surface area contributed by atoms with Crippen LogP contribution in [0.1, 0.15) is 27.3 Å². The SMILES string of the molecule is COC(=O)c1c(OCc2ccccn2)cc(=O)n2c1CCN(CC=Cc1ccc(O)c(OC)c1)CC2. The molecule has 36 heavy (non-hydrogen) atoms. The van der Waals surface area contributed by atoms with Crippen LogP contribution in [-0.4, -0.2) is 59.4 Å². The molecule has 0 atom stereocenters. The van der Waals surface area contributed by atoms with Crippen molar-refractivity contribution in [1.29, 1.82) is 0 Å². The number of phenolic OH excluding ortho intramolecular Hbond substituents is 1. The number of ether oxygens (including phenoxy) is 3. The fourth-order valence-corrected chi connectivity index (χ4v) is 4.18. The molecule has 0 saturated carbocycles. The van der Waals surface area contributed by atoms with Crippen LogP contribution >= 0.6 is 0 Å². The van der Waals surface area contributed by atoms with E-state index < -0.39 is 5.97 Å². The molecule has 1 aliphatic rings. The molecule has 1 aromatic carbocycles. The quantitative estimate of drug-likeness (QED) is 0.480. The first-order chi connectivity index (χ1) is 17.5. The highest BCUT2D eigenvalue weighted by Gasteiger charge is 2.26. The number of rotatable bonds is 8. The highest BCUT2D eigenvalue weighted by molar-refractivity contribution is 5.93.